The molecule has 0 spiro atoms. The highest BCUT2D eigenvalue weighted by Crippen LogP contribution is 2.11. The van der Waals surface area contributed by atoms with Gasteiger partial charge in [-0.05, 0) is 52.9 Å². The van der Waals surface area contributed by atoms with E-state index in [1.54, 1.807) is 0 Å². The normalized spacial score (nSPS) is 9.17. The van der Waals surface area contributed by atoms with Gasteiger partial charge in [-0.15, -0.1) is 0 Å². The molecule has 0 heterocycles. The van der Waals surface area contributed by atoms with E-state index in [0.717, 1.165) is 14.8 Å². The Labute approximate surface area is 120 Å². The van der Waals surface area contributed by atoms with Crippen LogP contribution in [0.25, 0.3) is 0 Å². The Morgan fingerprint density at radius 1 is 1.06 bits per heavy atom. The van der Waals surface area contributed by atoms with Crippen LogP contribution in [-0.2, 0) is 4.79 Å². The summed E-state index contributed by atoms with van der Waals surface area (Å²) < 4.78 is 1.07. The molecule has 0 aromatic heterocycles. The van der Waals surface area contributed by atoms with Gasteiger partial charge < -0.3 is 5.32 Å². The molecule has 0 aliphatic carbocycles. The maximum atomic E-state index is 11.6. The van der Waals surface area contributed by atoms with E-state index >= 15 is 0 Å². The molecular weight excluding hydrogens is 337 g/mol. The van der Waals surface area contributed by atoms with Crippen molar-refractivity contribution < 1.29 is 4.79 Å². The highest BCUT2D eigenvalue weighted by atomic mass is 127. The van der Waals surface area contributed by atoms with Gasteiger partial charge in [0.15, 0.2) is 0 Å². The number of benzene rings is 2. The number of carbonyl (C=O) groups excluding carboxylic acids is 1. The molecule has 0 radical (unpaired) electrons. The first-order chi connectivity index (χ1) is 8.74. The third kappa shape index (κ3) is 3.90. The molecule has 2 aromatic carbocycles. The standard InChI is InChI=1S/C15H10INO/c16-13-7-4-8-14(11-13)17-15(18)10-9-12-5-2-1-3-6-12/h1-8,11H,(H,17,18). The van der Waals surface area contributed by atoms with Crippen LogP contribution in [0.4, 0.5) is 5.69 Å². The first kappa shape index (κ1) is 12.7. The lowest BCUT2D eigenvalue weighted by atomic mass is 10.2. The van der Waals surface area contributed by atoms with E-state index < -0.39 is 0 Å². The Kier molecular flexibility index (Phi) is 4.37. The molecule has 3 heteroatoms. The number of anilines is 1. The summed E-state index contributed by atoms with van der Waals surface area (Å²) in [6.07, 6.45) is 0. The minimum Gasteiger partial charge on any atom is -0.315 e. The summed E-state index contributed by atoms with van der Waals surface area (Å²) in [7, 11) is 0. The monoisotopic (exact) mass is 347 g/mol. The quantitative estimate of drug-likeness (QED) is 0.623. The molecule has 0 aliphatic rings. The number of nitrogens with one attached hydrogen (secondary N) is 1. The van der Waals surface area contributed by atoms with Crippen LogP contribution in [0.1, 0.15) is 5.56 Å². The van der Waals surface area contributed by atoms with Crippen molar-refractivity contribution in [2.24, 2.45) is 0 Å². The molecule has 18 heavy (non-hydrogen) atoms. The third-order valence-electron chi connectivity index (χ3n) is 2.18. The fraction of sp³-hybridized carbons (Fsp3) is 0. The van der Waals surface area contributed by atoms with Gasteiger partial charge in [0, 0.05) is 20.7 Å². The zero-order valence-corrected chi connectivity index (χ0v) is 11.6. The van der Waals surface area contributed by atoms with Gasteiger partial charge in [-0.3, -0.25) is 4.79 Å². The van der Waals surface area contributed by atoms with Gasteiger partial charge in [-0.2, -0.15) is 0 Å². The molecule has 0 atom stereocenters. The summed E-state index contributed by atoms with van der Waals surface area (Å²) in [5.74, 6) is 5.07. The molecule has 0 aliphatic heterocycles. The van der Waals surface area contributed by atoms with E-state index in [1.807, 2.05) is 54.6 Å². The Morgan fingerprint density at radius 3 is 2.56 bits per heavy atom. The maximum absolute atomic E-state index is 11.6. The maximum Gasteiger partial charge on any atom is 0.300 e. The van der Waals surface area contributed by atoms with Gasteiger partial charge in [-0.25, -0.2) is 0 Å². The fourth-order valence-corrected chi connectivity index (χ4v) is 1.92. The van der Waals surface area contributed by atoms with Crippen molar-refractivity contribution in [2.45, 2.75) is 0 Å². The molecule has 2 nitrogen and oxygen atoms in total. The molecule has 0 unspecified atom stereocenters. The van der Waals surface area contributed by atoms with Gasteiger partial charge >= 0.3 is 5.91 Å². The van der Waals surface area contributed by atoms with Crippen molar-refractivity contribution in [1.29, 1.82) is 0 Å². The lowest BCUT2D eigenvalue weighted by Crippen LogP contribution is -2.08. The lowest BCUT2D eigenvalue weighted by Gasteiger charge is -2.00. The number of carbonyl (C=O) groups is 1. The van der Waals surface area contributed by atoms with E-state index in [4.69, 9.17) is 0 Å². The van der Waals surface area contributed by atoms with Crippen molar-refractivity contribution >= 4 is 34.2 Å². The summed E-state index contributed by atoms with van der Waals surface area (Å²) in [5, 5.41) is 2.74. The van der Waals surface area contributed by atoms with Gasteiger partial charge in [0.1, 0.15) is 0 Å². The first-order valence-electron chi connectivity index (χ1n) is 5.38. The fourth-order valence-electron chi connectivity index (χ4n) is 1.38. The molecular formula is C15H10INO. The third-order valence-corrected chi connectivity index (χ3v) is 2.85. The number of halogens is 1. The molecule has 1 amide bonds. The van der Waals surface area contributed by atoms with Crippen LogP contribution >= 0.6 is 22.6 Å². The molecule has 88 valence electrons. The molecule has 0 bridgehead atoms. The number of hydrogen-bond acceptors (Lipinski definition) is 1. The van der Waals surface area contributed by atoms with Crippen LogP contribution in [0.2, 0.25) is 0 Å². The van der Waals surface area contributed by atoms with Crippen molar-refractivity contribution in [2.75, 3.05) is 5.32 Å². The minimum absolute atomic E-state index is 0.305. The zero-order valence-electron chi connectivity index (χ0n) is 9.48. The summed E-state index contributed by atoms with van der Waals surface area (Å²) in [4.78, 5) is 11.6. The van der Waals surface area contributed by atoms with Crippen molar-refractivity contribution in [3.8, 4) is 11.8 Å². The van der Waals surface area contributed by atoms with Gasteiger partial charge in [0.25, 0.3) is 0 Å². The average molecular weight is 347 g/mol. The van der Waals surface area contributed by atoms with E-state index in [-0.39, 0.29) is 5.91 Å². The van der Waals surface area contributed by atoms with Crippen LogP contribution in [0.15, 0.2) is 54.6 Å². The SMILES string of the molecule is O=C(C#Cc1ccccc1)Nc1cccc(I)c1. The van der Waals surface area contributed by atoms with Gasteiger partial charge in [0.05, 0.1) is 0 Å². The summed E-state index contributed by atoms with van der Waals surface area (Å²) >= 11 is 2.20. The average Bonchev–Trinajstić information content (AvgIpc) is 2.38. The molecule has 2 rings (SSSR count). The summed E-state index contributed by atoms with van der Waals surface area (Å²) in [6, 6.07) is 17.0. The van der Waals surface area contributed by atoms with Crippen LogP contribution in [0, 0.1) is 15.4 Å². The number of hydrogen-bond donors (Lipinski definition) is 1. The molecule has 0 fully saturated rings. The van der Waals surface area contributed by atoms with Crippen LogP contribution < -0.4 is 5.32 Å². The van der Waals surface area contributed by atoms with Crippen molar-refractivity contribution in [3.05, 3.63) is 63.7 Å². The van der Waals surface area contributed by atoms with Crippen LogP contribution in [-0.4, -0.2) is 5.91 Å². The predicted octanol–water partition coefficient (Wildman–Crippen LogP) is 3.28. The second kappa shape index (κ2) is 6.22. The van der Waals surface area contributed by atoms with Gasteiger partial charge in [-0.1, -0.05) is 30.2 Å². The smallest absolute Gasteiger partial charge is 0.300 e. The Bertz CT molecular complexity index is 611. The van der Waals surface area contributed by atoms with E-state index in [1.165, 1.54) is 0 Å². The second-order valence-electron chi connectivity index (χ2n) is 3.58. The highest BCUT2D eigenvalue weighted by Gasteiger charge is 1.97. The van der Waals surface area contributed by atoms with E-state index in [0.29, 0.717) is 0 Å². The topological polar surface area (TPSA) is 29.1 Å². The van der Waals surface area contributed by atoms with Crippen LogP contribution in [0.3, 0.4) is 0 Å². The first-order valence-corrected chi connectivity index (χ1v) is 6.45. The Morgan fingerprint density at radius 2 is 1.83 bits per heavy atom. The van der Waals surface area contributed by atoms with E-state index in [2.05, 4.69) is 39.7 Å². The largest absolute Gasteiger partial charge is 0.315 e. The zero-order chi connectivity index (χ0) is 12.8. The van der Waals surface area contributed by atoms with Gasteiger partial charge in [0.2, 0.25) is 0 Å². The predicted molar refractivity (Wildman–Crippen MR) is 81.1 cm³/mol. The highest BCUT2D eigenvalue weighted by molar-refractivity contribution is 14.1. The summed E-state index contributed by atoms with van der Waals surface area (Å²) in [6.45, 7) is 0. The lowest BCUT2D eigenvalue weighted by molar-refractivity contribution is -0.111. The van der Waals surface area contributed by atoms with Crippen LogP contribution in [0.5, 0.6) is 0 Å². The minimum atomic E-state index is -0.305. The molecule has 0 saturated carbocycles. The Hall–Kier alpha value is -1.80. The second-order valence-corrected chi connectivity index (χ2v) is 4.83. The van der Waals surface area contributed by atoms with Crippen molar-refractivity contribution in [1.82, 2.24) is 0 Å². The van der Waals surface area contributed by atoms with E-state index in [9.17, 15) is 4.79 Å². The molecule has 1 N–H and O–H groups in total. The van der Waals surface area contributed by atoms with Crippen molar-refractivity contribution in [3.63, 3.8) is 0 Å². The summed E-state index contributed by atoms with van der Waals surface area (Å²) in [5.41, 5.74) is 1.59. The Balaban J connectivity index is 2.04. The molecule has 0 saturated heterocycles. The number of amides is 1. The number of rotatable bonds is 1. The molecule has 2 aromatic rings.